The van der Waals surface area contributed by atoms with Crippen molar-refractivity contribution >= 4 is 21.4 Å². The Morgan fingerprint density at radius 3 is 2.48 bits per heavy atom. The Balaban J connectivity index is 1.78. The lowest BCUT2D eigenvalue weighted by atomic mass is 10.2. The van der Waals surface area contributed by atoms with Crippen LogP contribution in [0.3, 0.4) is 0 Å². The van der Waals surface area contributed by atoms with E-state index in [-0.39, 0.29) is 12.6 Å². The summed E-state index contributed by atoms with van der Waals surface area (Å²) in [5.41, 5.74) is 0. The van der Waals surface area contributed by atoms with Crippen LogP contribution in [0.4, 0.5) is 8.78 Å². The summed E-state index contributed by atoms with van der Waals surface area (Å²) in [6, 6.07) is 5.95. The Labute approximate surface area is 149 Å². The second-order valence-electron chi connectivity index (χ2n) is 5.64. The Morgan fingerprint density at radius 2 is 1.88 bits per heavy atom. The minimum Gasteiger partial charge on any atom is -0.379 e. The normalized spacial score (nSPS) is 17.5. The minimum absolute atomic E-state index is 0.112. The molecule has 1 saturated heterocycles. The molecule has 1 N–H and O–H groups in total. The number of morpholine rings is 1. The first-order chi connectivity index (χ1) is 12.0. The quantitative estimate of drug-likeness (QED) is 0.826. The summed E-state index contributed by atoms with van der Waals surface area (Å²) in [5, 5.41) is 1.93. The second kappa shape index (κ2) is 7.88. The maximum Gasteiger partial charge on any atom is 0.240 e. The van der Waals surface area contributed by atoms with Gasteiger partial charge >= 0.3 is 0 Å². The fraction of sp³-hybridized carbons (Fsp3) is 0.375. The average Bonchev–Trinajstić information content (AvgIpc) is 3.09. The van der Waals surface area contributed by atoms with Gasteiger partial charge in [-0.05, 0) is 23.6 Å². The van der Waals surface area contributed by atoms with Crippen molar-refractivity contribution in [3.8, 4) is 0 Å². The van der Waals surface area contributed by atoms with Crippen LogP contribution < -0.4 is 4.72 Å². The van der Waals surface area contributed by atoms with Crippen molar-refractivity contribution in [2.45, 2.75) is 10.9 Å². The van der Waals surface area contributed by atoms with E-state index in [2.05, 4.69) is 9.62 Å². The van der Waals surface area contributed by atoms with Crippen molar-refractivity contribution < 1.29 is 21.9 Å². The molecule has 0 spiro atoms. The lowest BCUT2D eigenvalue weighted by Crippen LogP contribution is -2.43. The molecule has 1 aliphatic rings. The van der Waals surface area contributed by atoms with Crippen LogP contribution >= 0.6 is 11.3 Å². The van der Waals surface area contributed by atoms with Crippen LogP contribution in [-0.2, 0) is 14.8 Å². The number of sulfonamides is 1. The van der Waals surface area contributed by atoms with Crippen molar-refractivity contribution in [3.05, 3.63) is 52.2 Å². The number of rotatable bonds is 6. The molecule has 2 heterocycles. The SMILES string of the molecule is O=S(=O)(NCC(c1cccs1)N1CCOCC1)c1cc(F)cc(F)c1. The number of halogens is 2. The minimum atomic E-state index is -4.01. The molecule has 0 aliphatic carbocycles. The van der Waals surface area contributed by atoms with E-state index in [0.717, 1.165) is 17.0 Å². The van der Waals surface area contributed by atoms with Gasteiger partial charge in [-0.15, -0.1) is 11.3 Å². The molecule has 9 heteroatoms. The highest BCUT2D eigenvalue weighted by Crippen LogP contribution is 2.26. The molecule has 1 aliphatic heterocycles. The summed E-state index contributed by atoms with van der Waals surface area (Å²) in [6.07, 6.45) is 0. The van der Waals surface area contributed by atoms with Crippen LogP contribution in [0.2, 0.25) is 0 Å². The van der Waals surface area contributed by atoms with Gasteiger partial charge in [0.15, 0.2) is 0 Å². The summed E-state index contributed by atoms with van der Waals surface area (Å²) < 4.78 is 59.3. The van der Waals surface area contributed by atoms with Gasteiger partial charge in [-0.25, -0.2) is 21.9 Å². The summed E-state index contributed by atoms with van der Waals surface area (Å²) in [4.78, 5) is 2.75. The first-order valence-corrected chi connectivity index (χ1v) is 10.1. The zero-order chi connectivity index (χ0) is 17.9. The summed E-state index contributed by atoms with van der Waals surface area (Å²) in [6.45, 7) is 2.67. The highest BCUT2D eigenvalue weighted by molar-refractivity contribution is 7.89. The van der Waals surface area contributed by atoms with E-state index in [0.29, 0.717) is 32.4 Å². The fourth-order valence-electron chi connectivity index (χ4n) is 2.74. The molecule has 3 rings (SSSR count). The van der Waals surface area contributed by atoms with E-state index in [4.69, 9.17) is 4.74 Å². The van der Waals surface area contributed by atoms with Crippen molar-refractivity contribution in [3.63, 3.8) is 0 Å². The summed E-state index contributed by atoms with van der Waals surface area (Å²) in [7, 11) is -4.01. The molecule has 25 heavy (non-hydrogen) atoms. The molecule has 2 aromatic rings. The topological polar surface area (TPSA) is 58.6 Å². The predicted octanol–water partition coefficient (Wildman–Crippen LogP) is 2.38. The number of benzene rings is 1. The van der Waals surface area contributed by atoms with Crippen molar-refractivity contribution in [2.75, 3.05) is 32.8 Å². The van der Waals surface area contributed by atoms with Crippen LogP contribution in [-0.4, -0.2) is 46.2 Å². The molecule has 1 fully saturated rings. The third-order valence-electron chi connectivity index (χ3n) is 3.97. The van der Waals surface area contributed by atoms with E-state index in [1.807, 2.05) is 17.5 Å². The smallest absolute Gasteiger partial charge is 0.240 e. The number of nitrogens with one attached hydrogen (secondary N) is 1. The van der Waals surface area contributed by atoms with Gasteiger partial charge in [-0.1, -0.05) is 6.07 Å². The Kier molecular flexibility index (Phi) is 5.80. The van der Waals surface area contributed by atoms with Crippen LogP contribution in [0.25, 0.3) is 0 Å². The molecule has 1 aromatic carbocycles. The Hall–Kier alpha value is -1.39. The maximum atomic E-state index is 13.3. The third kappa shape index (κ3) is 4.62. The van der Waals surface area contributed by atoms with E-state index < -0.39 is 26.6 Å². The van der Waals surface area contributed by atoms with Gasteiger partial charge in [0.1, 0.15) is 11.6 Å². The molecule has 5 nitrogen and oxygen atoms in total. The van der Waals surface area contributed by atoms with E-state index in [9.17, 15) is 17.2 Å². The molecular formula is C16H18F2N2O3S2. The second-order valence-corrected chi connectivity index (χ2v) is 8.38. The molecule has 1 unspecified atom stereocenters. The maximum absolute atomic E-state index is 13.3. The zero-order valence-corrected chi connectivity index (χ0v) is 15.0. The van der Waals surface area contributed by atoms with Crippen LogP contribution in [0.5, 0.6) is 0 Å². The number of hydrogen-bond donors (Lipinski definition) is 1. The first-order valence-electron chi connectivity index (χ1n) is 7.77. The van der Waals surface area contributed by atoms with Gasteiger partial charge in [0, 0.05) is 30.6 Å². The van der Waals surface area contributed by atoms with E-state index >= 15 is 0 Å². The Morgan fingerprint density at radius 1 is 1.20 bits per heavy atom. The van der Waals surface area contributed by atoms with Gasteiger partial charge in [0.25, 0.3) is 0 Å². The predicted molar refractivity (Wildman–Crippen MR) is 91.0 cm³/mol. The zero-order valence-electron chi connectivity index (χ0n) is 13.3. The summed E-state index contributed by atoms with van der Waals surface area (Å²) >= 11 is 1.54. The first kappa shape index (κ1) is 18.4. The molecule has 136 valence electrons. The van der Waals surface area contributed by atoms with E-state index in [1.54, 1.807) is 0 Å². The number of thiophene rings is 1. The average molecular weight is 388 g/mol. The van der Waals surface area contributed by atoms with Gasteiger partial charge in [0.05, 0.1) is 24.2 Å². The van der Waals surface area contributed by atoms with Crippen molar-refractivity contribution in [1.82, 2.24) is 9.62 Å². The molecule has 0 bridgehead atoms. The number of nitrogens with zero attached hydrogens (tertiary/aromatic N) is 1. The molecular weight excluding hydrogens is 370 g/mol. The van der Waals surface area contributed by atoms with Gasteiger partial charge in [-0.2, -0.15) is 0 Å². The number of hydrogen-bond acceptors (Lipinski definition) is 5. The van der Waals surface area contributed by atoms with Crippen LogP contribution in [0.15, 0.2) is 40.6 Å². The van der Waals surface area contributed by atoms with Crippen molar-refractivity contribution in [2.24, 2.45) is 0 Å². The fourth-order valence-corrected chi connectivity index (χ4v) is 4.68. The van der Waals surface area contributed by atoms with E-state index in [1.165, 1.54) is 11.3 Å². The highest BCUT2D eigenvalue weighted by Gasteiger charge is 2.26. The molecule has 1 aromatic heterocycles. The lowest BCUT2D eigenvalue weighted by molar-refractivity contribution is 0.0179. The van der Waals surface area contributed by atoms with Gasteiger partial charge in [0.2, 0.25) is 10.0 Å². The van der Waals surface area contributed by atoms with Crippen LogP contribution in [0, 0.1) is 11.6 Å². The third-order valence-corrected chi connectivity index (χ3v) is 6.35. The van der Waals surface area contributed by atoms with Gasteiger partial charge < -0.3 is 4.74 Å². The molecule has 0 radical (unpaired) electrons. The monoisotopic (exact) mass is 388 g/mol. The lowest BCUT2D eigenvalue weighted by Gasteiger charge is -2.34. The van der Waals surface area contributed by atoms with Gasteiger partial charge in [-0.3, -0.25) is 4.90 Å². The Bertz CT molecular complexity index is 787. The molecule has 1 atom stereocenters. The largest absolute Gasteiger partial charge is 0.379 e. The van der Waals surface area contributed by atoms with Crippen LogP contribution in [0.1, 0.15) is 10.9 Å². The highest BCUT2D eigenvalue weighted by atomic mass is 32.2. The summed E-state index contributed by atoms with van der Waals surface area (Å²) in [5.74, 6) is -1.85. The number of ether oxygens (including phenoxy) is 1. The standard InChI is InChI=1S/C16H18F2N2O3S2/c17-12-8-13(18)10-14(9-12)25(21,22)19-11-15(16-2-1-7-24-16)20-3-5-23-6-4-20/h1-2,7-10,15,19H,3-6,11H2. The molecule has 0 saturated carbocycles. The van der Waals surface area contributed by atoms with Crippen molar-refractivity contribution in [1.29, 1.82) is 0 Å². The molecule has 0 amide bonds.